The average Bonchev–Trinajstić information content (AvgIpc) is 2.65. The van der Waals surface area contributed by atoms with Gasteiger partial charge in [-0.3, -0.25) is 9.80 Å². The molecule has 0 spiro atoms. The molecule has 0 aromatic rings. The Morgan fingerprint density at radius 1 is 1.06 bits per heavy atom. The topological polar surface area (TPSA) is 40.6 Å². The van der Waals surface area contributed by atoms with Gasteiger partial charge < -0.3 is 0 Å². The fraction of sp³-hybridized carbons (Fsp3) is 0.846. The monoisotopic (exact) mass is 270 g/mol. The number of hydrogen-bond donors (Lipinski definition) is 0. The van der Waals surface area contributed by atoms with Crippen molar-refractivity contribution in [1.82, 2.24) is 9.80 Å². The van der Waals surface area contributed by atoms with Crippen LogP contribution in [-0.4, -0.2) is 68.0 Å². The van der Waals surface area contributed by atoms with Crippen molar-refractivity contribution in [3.05, 3.63) is 0 Å². The minimum absolute atomic E-state index is 0.148. The molecule has 0 aromatic heterocycles. The standard InChI is InChI=1S/C13H22N2O2S/c1-3-5-6-7-15-9-8-14(4-2)12-10-18(16,17)11-13(12)15/h12-13H,3-4,7-11H2,1-2H3/t12-,13+/m0/s1. The summed E-state index contributed by atoms with van der Waals surface area (Å²) in [7, 11) is -2.87. The number of likely N-dealkylation sites (N-methyl/N-ethyl adjacent to an activating group) is 1. The molecule has 0 unspecified atom stereocenters. The molecule has 2 aliphatic heterocycles. The summed E-state index contributed by atoms with van der Waals surface area (Å²) >= 11 is 0. The average molecular weight is 270 g/mol. The molecule has 2 atom stereocenters. The molecule has 2 heterocycles. The summed E-state index contributed by atoms with van der Waals surface area (Å²) in [5, 5.41) is 0. The molecule has 0 saturated carbocycles. The van der Waals surface area contributed by atoms with Crippen LogP contribution >= 0.6 is 0 Å². The van der Waals surface area contributed by atoms with Gasteiger partial charge in [-0.1, -0.05) is 19.8 Å². The van der Waals surface area contributed by atoms with Crippen LogP contribution in [0.4, 0.5) is 0 Å². The number of rotatable bonds is 2. The van der Waals surface area contributed by atoms with Crippen LogP contribution in [0.15, 0.2) is 0 Å². The van der Waals surface area contributed by atoms with Crippen molar-refractivity contribution in [1.29, 1.82) is 0 Å². The van der Waals surface area contributed by atoms with E-state index in [1.165, 1.54) is 0 Å². The van der Waals surface area contributed by atoms with Gasteiger partial charge in [0.15, 0.2) is 9.84 Å². The summed E-state index contributed by atoms with van der Waals surface area (Å²) in [6, 6.07) is 0.326. The highest BCUT2D eigenvalue weighted by Crippen LogP contribution is 2.26. The van der Waals surface area contributed by atoms with E-state index in [0.29, 0.717) is 18.1 Å². The Morgan fingerprint density at radius 3 is 2.28 bits per heavy atom. The molecule has 0 amide bonds. The molecule has 4 nitrogen and oxygen atoms in total. The second kappa shape index (κ2) is 5.60. The Hall–Kier alpha value is -0.570. The minimum Gasteiger partial charge on any atom is -0.297 e. The van der Waals surface area contributed by atoms with Gasteiger partial charge in [0, 0.05) is 31.6 Å². The molecule has 2 rings (SSSR count). The number of nitrogens with zero attached hydrogens (tertiary/aromatic N) is 2. The summed E-state index contributed by atoms with van der Waals surface area (Å²) < 4.78 is 23.7. The molecule has 0 aromatic carbocycles. The molecule has 2 fully saturated rings. The molecule has 0 bridgehead atoms. The SMILES string of the molecule is CCC#CCN1CCN(CC)[C@H]2CS(=O)(=O)C[C@H]21. The van der Waals surface area contributed by atoms with Crippen molar-refractivity contribution in [3.63, 3.8) is 0 Å². The van der Waals surface area contributed by atoms with Gasteiger partial charge in [-0.2, -0.15) is 0 Å². The third-order valence-corrected chi connectivity index (χ3v) is 5.59. The maximum Gasteiger partial charge on any atom is 0.153 e. The van der Waals surface area contributed by atoms with E-state index in [-0.39, 0.29) is 12.1 Å². The smallest absolute Gasteiger partial charge is 0.153 e. The predicted molar refractivity (Wildman–Crippen MR) is 73.1 cm³/mol. The highest BCUT2D eigenvalue weighted by molar-refractivity contribution is 7.91. The Morgan fingerprint density at radius 2 is 1.67 bits per heavy atom. The van der Waals surface area contributed by atoms with E-state index in [1.54, 1.807) is 0 Å². The summed E-state index contributed by atoms with van der Waals surface area (Å²) in [5.74, 6) is 6.84. The summed E-state index contributed by atoms with van der Waals surface area (Å²) in [6.45, 7) is 7.68. The molecule has 2 saturated heterocycles. The number of piperazine rings is 1. The van der Waals surface area contributed by atoms with Crippen LogP contribution < -0.4 is 0 Å². The molecule has 5 heteroatoms. The van der Waals surface area contributed by atoms with Gasteiger partial charge >= 0.3 is 0 Å². The lowest BCUT2D eigenvalue weighted by atomic mass is 10.1. The number of hydrogen-bond acceptors (Lipinski definition) is 4. The molecule has 0 aliphatic carbocycles. The summed E-state index contributed by atoms with van der Waals surface area (Å²) in [4.78, 5) is 4.56. The zero-order valence-corrected chi connectivity index (χ0v) is 12.0. The van der Waals surface area contributed by atoms with E-state index in [0.717, 1.165) is 26.1 Å². The van der Waals surface area contributed by atoms with Crippen LogP contribution in [0.1, 0.15) is 20.3 Å². The normalized spacial score (nSPS) is 31.7. The second-order valence-electron chi connectivity index (χ2n) is 5.02. The molecular weight excluding hydrogens is 248 g/mol. The van der Waals surface area contributed by atoms with Crippen LogP contribution in [0.2, 0.25) is 0 Å². The van der Waals surface area contributed by atoms with Crippen molar-refractivity contribution in [2.24, 2.45) is 0 Å². The molecule has 18 heavy (non-hydrogen) atoms. The Balaban J connectivity index is 2.12. The molecular formula is C13H22N2O2S. The van der Waals surface area contributed by atoms with E-state index in [1.807, 2.05) is 6.92 Å². The van der Waals surface area contributed by atoms with Gasteiger partial charge in [0.1, 0.15) is 0 Å². The van der Waals surface area contributed by atoms with Crippen molar-refractivity contribution >= 4 is 9.84 Å². The maximum absolute atomic E-state index is 11.8. The van der Waals surface area contributed by atoms with Crippen LogP contribution in [0, 0.1) is 11.8 Å². The summed E-state index contributed by atoms with van der Waals surface area (Å²) in [5.41, 5.74) is 0. The molecule has 0 N–H and O–H groups in total. The van der Waals surface area contributed by atoms with E-state index < -0.39 is 9.84 Å². The van der Waals surface area contributed by atoms with Crippen molar-refractivity contribution in [2.75, 3.05) is 37.7 Å². The fourth-order valence-corrected chi connectivity index (χ4v) is 5.01. The minimum atomic E-state index is -2.87. The van der Waals surface area contributed by atoms with E-state index in [4.69, 9.17) is 0 Å². The molecule has 102 valence electrons. The quantitative estimate of drug-likeness (QED) is 0.672. The third-order valence-electron chi connectivity index (χ3n) is 3.90. The molecule has 2 aliphatic rings. The first-order valence-electron chi connectivity index (χ1n) is 6.71. The zero-order chi connectivity index (χ0) is 13.2. The van der Waals surface area contributed by atoms with E-state index in [9.17, 15) is 8.42 Å². The lowest BCUT2D eigenvalue weighted by molar-refractivity contribution is 0.0584. The lowest BCUT2D eigenvalue weighted by Crippen LogP contribution is -2.58. The van der Waals surface area contributed by atoms with Gasteiger partial charge in [-0.05, 0) is 6.54 Å². The number of sulfone groups is 1. The largest absolute Gasteiger partial charge is 0.297 e. The second-order valence-corrected chi connectivity index (χ2v) is 7.17. The van der Waals surface area contributed by atoms with Gasteiger partial charge in [0.2, 0.25) is 0 Å². The maximum atomic E-state index is 11.8. The predicted octanol–water partition coefficient (Wildman–Crippen LogP) is 0.203. The fourth-order valence-electron chi connectivity index (χ4n) is 2.97. The number of fused-ring (bicyclic) bond motifs is 1. The van der Waals surface area contributed by atoms with Crippen molar-refractivity contribution in [2.45, 2.75) is 32.4 Å². The Kier molecular flexibility index (Phi) is 4.31. The summed E-state index contributed by atoms with van der Waals surface area (Å²) in [6.07, 6.45) is 0.862. The lowest BCUT2D eigenvalue weighted by Gasteiger charge is -2.42. The van der Waals surface area contributed by atoms with Crippen LogP contribution in [-0.2, 0) is 9.84 Å². The van der Waals surface area contributed by atoms with Crippen molar-refractivity contribution in [3.8, 4) is 11.8 Å². The van der Waals surface area contributed by atoms with Gasteiger partial charge in [-0.15, -0.1) is 5.92 Å². The Labute approximate surface area is 110 Å². The van der Waals surface area contributed by atoms with Gasteiger partial charge in [-0.25, -0.2) is 8.42 Å². The third kappa shape index (κ3) is 2.87. The van der Waals surface area contributed by atoms with Gasteiger partial charge in [0.05, 0.1) is 18.1 Å². The van der Waals surface area contributed by atoms with Crippen molar-refractivity contribution < 1.29 is 8.42 Å². The van der Waals surface area contributed by atoms with Crippen LogP contribution in [0.25, 0.3) is 0 Å². The first-order chi connectivity index (χ1) is 8.57. The van der Waals surface area contributed by atoms with Crippen LogP contribution in [0.5, 0.6) is 0 Å². The Bertz CT molecular complexity index is 449. The zero-order valence-electron chi connectivity index (χ0n) is 11.2. The van der Waals surface area contributed by atoms with E-state index in [2.05, 4.69) is 28.6 Å². The van der Waals surface area contributed by atoms with E-state index >= 15 is 0 Å². The first-order valence-corrected chi connectivity index (χ1v) is 8.53. The molecule has 0 radical (unpaired) electrons. The highest BCUT2D eigenvalue weighted by atomic mass is 32.2. The highest BCUT2D eigenvalue weighted by Gasteiger charge is 2.45. The van der Waals surface area contributed by atoms with Crippen LogP contribution in [0.3, 0.4) is 0 Å². The van der Waals surface area contributed by atoms with Gasteiger partial charge in [0.25, 0.3) is 0 Å². The first kappa shape index (κ1) is 13.9.